The molecule has 0 saturated carbocycles. The molecule has 0 aliphatic carbocycles. The second-order valence-electron chi connectivity index (χ2n) is 6.94. The summed E-state index contributed by atoms with van der Waals surface area (Å²) in [6.45, 7) is -0.171. The highest BCUT2D eigenvalue weighted by molar-refractivity contribution is 7.88. The molecule has 6 heteroatoms. The van der Waals surface area contributed by atoms with E-state index in [9.17, 15) is 13.5 Å². The van der Waals surface area contributed by atoms with Crippen LogP contribution in [0.15, 0.2) is 85.1 Å². The molecule has 1 atom stereocenters. The molecule has 0 saturated heterocycles. The van der Waals surface area contributed by atoms with Gasteiger partial charge in [-0.25, -0.2) is 13.1 Å². The van der Waals surface area contributed by atoms with Gasteiger partial charge in [-0.2, -0.15) is 0 Å². The Bertz CT molecular complexity index is 1220. The minimum absolute atomic E-state index is 0.117. The maximum atomic E-state index is 13.0. The van der Waals surface area contributed by atoms with Gasteiger partial charge in [0.05, 0.1) is 18.4 Å². The van der Waals surface area contributed by atoms with Gasteiger partial charge in [0.15, 0.2) is 0 Å². The van der Waals surface area contributed by atoms with Gasteiger partial charge in [-0.3, -0.25) is 0 Å². The summed E-state index contributed by atoms with van der Waals surface area (Å²) < 4.78 is 28.9. The van der Waals surface area contributed by atoms with Crippen LogP contribution >= 0.6 is 0 Å². The molecule has 1 unspecified atom stereocenters. The molecule has 3 aromatic carbocycles. The highest BCUT2D eigenvalue weighted by atomic mass is 32.2. The maximum Gasteiger partial charge on any atom is 0.216 e. The van der Waals surface area contributed by atoms with Gasteiger partial charge in [-0.05, 0) is 28.3 Å². The molecule has 148 valence electrons. The standard InChI is InChI=1S/C23H22N2O3S/c26-15-18-10-4-5-11-19(18)23(21-14-24-22-13-7-6-12-20(21)22)25-29(27,28)16-17-8-2-1-3-9-17/h1-14,23-26H,15-16H2. The first-order valence-corrected chi connectivity index (χ1v) is 11.0. The zero-order valence-corrected chi connectivity index (χ0v) is 16.6. The van der Waals surface area contributed by atoms with Crippen molar-refractivity contribution in [1.82, 2.24) is 9.71 Å². The summed E-state index contributed by atoms with van der Waals surface area (Å²) in [6.07, 6.45) is 1.83. The second-order valence-corrected chi connectivity index (χ2v) is 8.70. The smallest absolute Gasteiger partial charge is 0.216 e. The van der Waals surface area contributed by atoms with Gasteiger partial charge >= 0.3 is 0 Å². The molecule has 4 aromatic rings. The highest BCUT2D eigenvalue weighted by Gasteiger charge is 2.25. The second kappa shape index (κ2) is 8.21. The summed E-state index contributed by atoms with van der Waals surface area (Å²) in [6, 6.07) is 23.6. The first kappa shape index (κ1) is 19.4. The van der Waals surface area contributed by atoms with Gasteiger partial charge < -0.3 is 10.1 Å². The Labute approximate surface area is 170 Å². The molecular formula is C23H22N2O3S. The van der Waals surface area contributed by atoms with Crippen molar-refractivity contribution in [1.29, 1.82) is 0 Å². The predicted molar refractivity (Wildman–Crippen MR) is 115 cm³/mol. The monoisotopic (exact) mass is 406 g/mol. The Kier molecular flexibility index (Phi) is 5.49. The van der Waals surface area contributed by atoms with E-state index in [1.165, 1.54) is 0 Å². The topological polar surface area (TPSA) is 82.2 Å². The first-order chi connectivity index (χ1) is 14.1. The molecule has 0 fully saturated rings. The predicted octanol–water partition coefficient (Wildman–Crippen LogP) is 3.87. The number of nitrogens with one attached hydrogen (secondary N) is 2. The number of para-hydroxylation sites is 1. The van der Waals surface area contributed by atoms with Gasteiger partial charge in [0.25, 0.3) is 0 Å². The lowest BCUT2D eigenvalue weighted by molar-refractivity contribution is 0.280. The Morgan fingerprint density at radius 2 is 1.55 bits per heavy atom. The fourth-order valence-electron chi connectivity index (χ4n) is 3.60. The van der Waals surface area contributed by atoms with Crippen molar-refractivity contribution < 1.29 is 13.5 Å². The van der Waals surface area contributed by atoms with E-state index in [-0.39, 0.29) is 12.4 Å². The molecule has 1 aromatic heterocycles. The number of hydrogen-bond donors (Lipinski definition) is 3. The third-order valence-corrected chi connectivity index (χ3v) is 6.27. The fraction of sp³-hybridized carbons (Fsp3) is 0.130. The van der Waals surface area contributed by atoms with E-state index in [4.69, 9.17) is 0 Å². The Morgan fingerprint density at radius 1 is 0.862 bits per heavy atom. The quantitative estimate of drug-likeness (QED) is 0.436. The summed E-state index contributed by atoms with van der Waals surface area (Å²) in [7, 11) is -3.65. The van der Waals surface area contributed by atoms with Crippen LogP contribution in [-0.4, -0.2) is 18.5 Å². The molecule has 0 bridgehead atoms. The lowest BCUT2D eigenvalue weighted by atomic mass is 9.95. The number of fused-ring (bicyclic) bond motifs is 1. The number of aromatic nitrogens is 1. The van der Waals surface area contributed by atoms with E-state index in [2.05, 4.69) is 9.71 Å². The highest BCUT2D eigenvalue weighted by Crippen LogP contribution is 2.31. The summed E-state index contributed by atoms with van der Waals surface area (Å²) >= 11 is 0. The van der Waals surface area contributed by atoms with Gasteiger partial charge in [0, 0.05) is 17.1 Å². The largest absolute Gasteiger partial charge is 0.392 e. The van der Waals surface area contributed by atoms with Crippen LogP contribution < -0.4 is 4.72 Å². The summed E-state index contributed by atoms with van der Waals surface area (Å²) in [5.74, 6) is -0.117. The van der Waals surface area contributed by atoms with E-state index in [1.807, 2.05) is 72.9 Å². The van der Waals surface area contributed by atoms with Crippen molar-refractivity contribution in [2.24, 2.45) is 0 Å². The van der Waals surface area contributed by atoms with E-state index in [0.29, 0.717) is 11.1 Å². The van der Waals surface area contributed by atoms with Crippen LogP contribution in [0.3, 0.4) is 0 Å². The van der Waals surface area contributed by atoms with Gasteiger partial charge in [0.2, 0.25) is 10.0 Å². The molecule has 5 nitrogen and oxygen atoms in total. The number of aliphatic hydroxyl groups excluding tert-OH is 1. The normalized spacial score (nSPS) is 12.9. The van der Waals surface area contributed by atoms with Crippen molar-refractivity contribution in [3.05, 3.63) is 107 Å². The molecule has 3 N–H and O–H groups in total. The maximum absolute atomic E-state index is 13.0. The molecule has 1 heterocycles. The van der Waals surface area contributed by atoms with Crippen molar-refractivity contribution in [3.63, 3.8) is 0 Å². The third-order valence-electron chi connectivity index (χ3n) is 4.97. The van der Waals surface area contributed by atoms with E-state index in [0.717, 1.165) is 22.0 Å². The number of hydrogen-bond acceptors (Lipinski definition) is 3. The lowest BCUT2D eigenvalue weighted by Crippen LogP contribution is -2.31. The number of sulfonamides is 1. The van der Waals surface area contributed by atoms with Gasteiger partial charge in [-0.1, -0.05) is 72.8 Å². The van der Waals surface area contributed by atoms with Crippen LogP contribution in [0, 0.1) is 0 Å². The van der Waals surface area contributed by atoms with E-state index >= 15 is 0 Å². The third kappa shape index (κ3) is 4.24. The summed E-state index contributed by atoms with van der Waals surface area (Å²) in [4.78, 5) is 3.21. The van der Waals surface area contributed by atoms with Crippen molar-refractivity contribution in [3.8, 4) is 0 Å². The SMILES string of the molecule is O=S(=O)(Cc1ccccc1)NC(c1ccccc1CO)c1c[nH]c2ccccc12. The molecule has 0 amide bonds. The van der Waals surface area contributed by atoms with Crippen LogP contribution in [0.4, 0.5) is 0 Å². The van der Waals surface area contributed by atoms with E-state index < -0.39 is 16.1 Å². The van der Waals surface area contributed by atoms with Crippen molar-refractivity contribution in [2.45, 2.75) is 18.4 Å². The zero-order chi connectivity index (χ0) is 20.3. The fourth-order valence-corrected chi connectivity index (χ4v) is 4.93. The molecule has 4 rings (SSSR count). The van der Waals surface area contributed by atoms with Crippen LogP contribution in [0.2, 0.25) is 0 Å². The van der Waals surface area contributed by atoms with Gasteiger partial charge in [-0.15, -0.1) is 0 Å². The molecule has 29 heavy (non-hydrogen) atoms. The summed E-state index contributed by atoms with van der Waals surface area (Å²) in [5.41, 5.74) is 3.88. The van der Waals surface area contributed by atoms with Crippen LogP contribution in [-0.2, 0) is 22.4 Å². The van der Waals surface area contributed by atoms with Crippen molar-refractivity contribution >= 4 is 20.9 Å². The van der Waals surface area contributed by atoms with Gasteiger partial charge in [0.1, 0.15) is 0 Å². The Morgan fingerprint density at radius 3 is 2.34 bits per heavy atom. The minimum atomic E-state index is -3.65. The van der Waals surface area contributed by atoms with Crippen LogP contribution in [0.5, 0.6) is 0 Å². The summed E-state index contributed by atoms with van der Waals surface area (Å²) in [5, 5.41) is 10.8. The lowest BCUT2D eigenvalue weighted by Gasteiger charge is -2.21. The number of benzene rings is 3. The van der Waals surface area contributed by atoms with Crippen LogP contribution in [0.25, 0.3) is 10.9 Å². The molecule has 0 aliphatic rings. The number of rotatable bonds is 7. The zero-order valence-electron chi connectivity index (χ0n) is 15.7. The average Bonchev–Trinajstić information content (AvgIpc) is 3.16. The number of aromatic amines is 1. The molecular weight excluding hydrogens is 384 g/mol. The average molecular weight is 407 g/mol. The first-order valence-electron chi connectivity index (χ1n) is 9.36. The Balaban J connectivity index is 1.78. The molecule has 0 radical (unpaired) electrons. The Hall–Kier alpha value is -2.93. The molecule has 0 aliphatic heterocycles. The van der Waals surface area contributed by atoms with Crippen LogP contribution in [0.1, 0.15) is 28.3 Å². The van der Waals surface area contributed by atoms with E-state index in [1.54, 1.807) is 12.1 Å². The molecule has 0 spiro atoms. The number of H-pyrrole nitrogens is 1. The minimum Gasteiger partial charge on any atom is -0.392 e. The van der Waals surface area contributed by atoms with Crippen molar-refractivity contribution in [2.75, 3.05) is 0 Å². The number of aliphatic hydroxyl groups is 1.